The number of benzene rings is 2. The number of nitrogens with one attached hydrogen (secondary N) is 2. The molecule has 2 aromatic carbocycles. The minimum atomic E-state index is -2.90. The van der Waals surface area contributed by atoms with Gasteiger partial charge in [-0.3, -0.25) is 0 Å². The monoisotopic (exact) mass is 419 g/mol. The van der Waals surface area contributed by atoms with Crippen LogP contribution in [0.3, 0.4) is 0 Å². The summed E-state index contributed by atoms with van der Waals surface area (Å²) in [5, 5.41) is 7.39. The van der Waals surface area contributed by atoms with Crippen molar-refractivity contribution in [1.29, 1.82) is 0 Å². The van der Waals surface area contributed by atoms with Gasteiger partial charge in [0.15, 0.2) is 0 Å². The zero-order chi connectivity index (χ0) is 20.6. The number of nitrogens with zero attached hydrogens (tertiary/aromatic N) is 1. The van der Waals surface area contributed by atoms with Crippen molar-refractivity contribution in [3.63, 3.8) is 0 Å². The van der Waals surface area contributed by atoms with Crippen molar-refractivity contribution in [3.05, 3.63) is 70.7 Å². The average Bonchev–Trinajstić information content (AvgIpc) is 3.20. The number of hydrogen-bond donors (Lipinski definition) is 2. The molecular weight excluding hydrogens is 400 g/mol. The van der Waals surface area contributed by atoms with Crippen molar-refractivity contribution in [3.8, 4) is 11.5 Å². The number of rotatable bonds is 8. The molecule has 0 radical (unpaired) electrons. The number of urea groups is 1. The summed E-state index contributed by atoms with van der Waals surface area (Å²) in [6.45, 7) is -0.816. The van der Waals surface area contributed by atoms with E-state index in [1.54, 1.807) is 48.8 Å². The van der Waals surface area contributed by atoms with Crippen molar-refractivity contribution in [2.75, 3.05) is 5.32 Å². The Kier molecular flexibility index (Phi) is 6.96. The van der Waals surface area contributed by atoms with Gasteiger partial charge in [-0.1, -0.05) is 18.2 Å². The second-order valence-corrected chi connectivity index (χ2v) is 6.79. The molecule has 2 N–H and O–H groups in total. The fourth-order valence-corrected chi connectivity index (χ4v) is 3.08. The van der Waals surface area contributed by atoms with Crippen LogP contribution in [0.2, 0.25) is 0 Å². The Morgan fingerprint density at radius 1 is 1.17 bits per heavy atom. The first-order valence-corrected chi connectivity index (χ1v) is 9.66. The van der Waals surface area contributed by atoms with Gasteiger partial charge in [0.25, 0.3) is 0 Å². The maximum Gasteiger partial charge on any atom is 0.387 e. The summed E-state index contributed by atoms with van der Waals surface area (Å²) in [7, 11) is 0. The molecule has 29 heavy (non-hydrogen) atoms. The second kappa shape index (κ2) is 9.83. The van der Waals surface area contributed by atoms with E-state index in [4.69, 9.17) is 4.74 Å². The van der Waals surface area contributed by atoms with Gasteiger partial charge in [0.1, 0.15) is 18.1 Å². The number of thiazole rings is 1. The third-order valence-electron chi connectivity index (χ3n) is 3.89. The molecule has 1 aromatic heterocycles. The molecule has 3 rings (SSSR count). The van der Waals surface area contributed by atoms with E-state index in [0.717, 1.165) is 5.69 Å². The van der Waals surface area contributed by atoms with Crippen LogP contribution < -0.4 is 20.1 Å². The van der Waals surface area contributed by atoms with Crippen LogP contribution in [0.15, 0.2) is 59.4 Å². The highest BCUT2D eigenvalue weighted by atomic mass is 32.1. The van der Waals surface area contributed by atoms with Crippen molar-refractivity contribution in [1.82, 2.24) is 10.3 Å². The highest BCUT2D eigenvalue weighted by Gasteiger charge is 2.12. The first kappa shape index (κ1) is 20.5. The number of amides is 2. The number of halogens is 2. The Labute approximate surface area is 170 Å². The van der Waals surface area contributed by atoms with Crippen molar-refractivity contribution in [2.24, 2.45) is 0 Å². The number of carbonyl (C=O) groups is 1. The molecule has 1 atom stereocenters. The van der Waals surface area contributed by atoms with Crippen LogP contribution in [-0.2, 0) is 6.61 Å². The highest BCUT2D eigenvalue weighted by Crippen LogP contribution is 2.22. The average molecular weight is 419 g/mol. The van der Waals surface area contributed by atoms with Crippen molar-refractivity contribution >= 4 is 23.1 Å². The molecule has 0 fully saturated rings. The molecule has 6 nitrogen and oxygen atoms in total. The van der Waals surface area contributed by atoms with Crippen molar-refractivity contribution < 1.29 is 23.0 Å². The zero-order valence-electron chi connectivity index (χ0n) is 15.5. The molecule has 0 aliphatic rings. The van der Waals surface area contributed by atoms with Gasteiger partial charge in [-0.15, -0.1) is 11.3 Å². The minimum Gasteiger partial charge on any atom is -0.487 e. The lowest BCUT2D eigenvalue weighted by molar-refractivity contribution is -0.0499. The summed E-state index contributed by atoms with van der Waals surface area (Å²) in [5.41, 5.74) is 3.76. The Morgan fingerprint density at radius 2 is 1.97 bits per heavy atom. The van der Waals surface area contributed by atoms with Crippen LogP contribution in [0.5, 0.6) is 11.5 Å². The van der Waals surface area contributed by atoms with E-state index in [9.17, 15) is 13.6 Å². The van der Waals surface area contributed by atoms with Gasteiger partial charge in [-0.2, -0.15) is 8.78 Å². The Balaban J connectivity index is 1.55. The SMILES string of the molecule is CC(NC(=O)Nc1cccc(OCc2cscn2)c1)c1cccc(OC(F)F)c1. The van der Waals surface area contributed by atoms with Gasteiger partial charge < -0.3 is 20.1 Å². The van der Waals surface area contributed by atoms with E-state index in [0.29, 0.717) is 23.6 Å². The third kappa shape index (κ3) is 6.42. The molecule has 1 heterocycles. The number of carbonyl (C=O) groups excluding carboxylic acids is 1. The summed E-state index contributed by atoms with van der Waals surface area (Å²) in [5.74, 6) is 0.636. The molecule has 0 aliphatic heterocycles. The third-order valence-corrected chi connectivity index (χ3v) is 4.53. The quantitative estimate of drug-likeness (QED) is 0.526. The molecule has 2 amide bonds. The number of anilines is 1. The van der Waals surface area contributed by atoms with E-state index in [1.165, 1.54) is 23.5 Å². The molecule has 1 unspecified atom stereocenters. The Hall–Kier alpha value is -3.20. The fourth-order valence-electron chi connectivity index (χ4n) is 2.54. The normalized spacial score (nSPS) is 11.7. The maximum absolute atomic E-state index is 12.4. The van der Waals surface area contributed by atoms with E-state index in [2.05, 4.69) is 20.4 Å². The second-order valence-electron chi connectivity index (χ2n) is 6.07. The van der Waals surface area contributed by atoms with Gasteiger partial charge >= 0.3 is 12.6 Å². The van der Waals surface area contributed by atoms with E-state index in [-0.39, 0.29) is 5.75 Å². The smallest absolute Gasteiger partial charge is 0.387 e. The summed E-state index contributed by atoms with van der Waals surface area (Å²) in [6, 6.07) is 12.3. The minimum absolute atomic E-state index is 0.0384. The molecule has 0 spiro atoms. The van der Waals surface area contributed by atoms with Gasteiger partial charge in [0, 0.05) is 17.1 Å². The van der Waals surface area contributed by atoms with Crippen LogP contribution in [0.4, 0.5) is 19.3 Å². The molecule has 0 bridgehead atoms. The van der Waals surface area contributed by atoms with Crippen LogP contribution >= 0.6 is 11.3 Å². The number of hydrogen-bond acceptors (Lipinski definition) is 5. The highest BCUT2D eigenvalue weighted by molar-refractivity contribution is 7.07. The predicted octanol–water partition coefficient (Wildman–Crippen LogP) is 5.21. The Morgan fingerprint density at radius 3 is 2.72 bits per heavy atom. The maximum atomic E-state index is 12.4. The summed E-state index contributed by atoms with van der Waals surface area (Å²) < 4.78 is 34.8. The lowest BCUT2D eigenvalue weighted by atomic mass is 10.1. The lowest BCUT2D eigenvalue weighted by Gasteiger charge is -2.16. The van der Waals surface area contributed by atoms with E-state index in [1.807, 2.05) is 5.38 Å². The van der Waals surface area contributed by atoms with Crippen LogP contribution in [0.25, 0.3) is 0 Å². The molecule has 9 heteroatoms. The predicted molar refractivity (Wildman–Crippen MR) is 107 cm³/mol. The largest absolute Gasteiger partial charge is 0.487 e. The first-order chi connectivity index (χ1) is 14.0. The van der Waals surface area contributed by atoms with Gasteiger partial charge in [-0.25, -0.2) is 9.78 Å². The van der Waals surface area contributed by atoms with E-state index < -0.39 is 18.7 Å². The number of aromatic nitrogens is 1. The molecule has 152 valence electrons. The number of alkyl halides is 2. The summed E-state index contributed by atoms with van der Waals surface area (Å²) >= 11 is 1.49. The van der Waals surface area contributed by atoms with Crippen LogP contribution in [0.1, 0.15) is 24.2 Å². The van der Waals surface area contributed by atoms with Gasteiger partial charge in [0.05, 0.1) is 17.2 Å². The van der Waals surface area contributed by atoms with Crippen molar-refractivity contribution in [2.45, 2.75) is 26.2 Å². The Bertz CT molecular complexity index is 938. The van der Waals surface area contributed by atoms with Crippen LogP contribution in [0, 0.1) is 0 Å². The van der Waals surface area contributed by atoms with Gasteiger partial charge in [-0.05, 0) is 36.8 Å². The summed E-state index contributed by atoms with van der Waals surface area (Å²) in [6.07, 6.45) is 0. The molecule has 0 saturated heterocycles. The standard InChI is InChI=1S/C20H19F2N3O3S/c1-13(14-4-2-7-18(8-14)28-19(21)22)24-20(26)25-15-5-3-6-17(9-15)27-10-16-11-29-12-23-16/h2-9,11-13,19H,10H2,1H3,(H2,24,25,26). The first-order valence-electron chi connectivity index (χ1n) is 8.72. The van der Waals surface area contributed by atoms with E-state index >= 15 is 0 Å². The molecule has 0 aliphatic carbocycles. The summed E-state index contributed by atoms with van der Waals surface area (Å²) in [4.78, 5) is 16.4. The number of ether oxygens (including phenoxy) is 2. The van der Waals surface area contributed by atoms with Gasteiger partial charge in [0.2, 0.25) is 0 Å². The molecule has 0 saturated carbocycles. The topological polar surface area (TPSA) is 72.5 Å². The fraction of sp³-hybridized carbons (Fsp3) is 0.200. The molecular formula is C20H19F2N3O3S. The molecule has 3 aromatic rings. The lowest BCUT2D eigenvalue weighted by Crippen LogP contribution is -2.31. The zero-order valence-corrected chi connectivity index (χ0v) is 16.3. The van der Waals surface area contributed by atoms with Crippen LogP contribution in [-0.4, -0.2) is 17.6 Å².